The van der Waals surface area contributed by atoms with Crippen LogP contribution in [0.25, 0.3) is 0 Å². The van der Waals surface area contributed by atoms with Crippen LogP contribution in [-0.2, 0) is 0 Å². The highest BCUT2D eigenvalue weighted by Gasteiger charge is 2.24. The summed E-state index contributed by atoms with van der Waals surface area (Å²) in [6.07, 6.45) is 0. The number of carbonyl (C=O) groups is 2. The van der Waals surface area contributed by atoms with Crippen molar-refractivity contribution < 1.29 is 9.59 Å². The van der Waals surface area contributed by atoms with Gasteiger partial charge >= 0.3 is 0 Å². The third kappa shape index (κ3) is 3.60. The van der Waals surface area contributed by atoms with E-state index in [1.54, 1.807) is 18.2 Å². The van der Waals surface area contributed by atoms with Gasteiger partial charge < -0.3 is 9.80 Å². The molecule has 3 rings (SSSR count). The number of benzene rings is 2. The lowest BCUT2D eigenvalue weighted by atomic mass is 10.1. The van der Waals surface area contributed by atoms with Crippen LogP contribution in [0.2, 0.25) is 0 Å². The van der Waals surface area contributed by atoms with Crippen LogP contribution >= 0.6 is 0 Å². The van der Waals surface area contributed by atoms with E-state index in [0.29, 0.717) is 42.9 Å². The number of rotatable bonds is 3. The highest BCUT2D eigenvalue weighted by atomic mass is 16.2. The fraction of sp³-hybridized carbons (Fsp3) is 0.286. The van der Waals surface area contributed by atoms with Gasteiger partial charge in [-0.1, -0.05) is 17.7 Å². The predicted molar refractivity (Wildman–Crippen MR) is 100 cm³/mol. The molecule has 0 radical (unpaired) electrons. The molecule has 0 aromatic heterocycles. The second-order valence-corrected chi connectivity index (χ2v) is 6.55. The van der Waals surface area contributed by atoms with Crippen LogP contribution in [-0.4, -0.2) is 42.8 Å². The molecule has 1 aliphatic heterocycles. The summed E-state index contributed by atoms with van der Waals surface area (Å²) in [5, 5.41) is 9.36. The Labute approximate surface area is 153 Å². The molecule has 5 heteroatoms. The van der Waals surface area contributed by atoms with Gasteiger partial charge in [0.1, 0.15) is 6.07 Å². The molecule has 2 aromatic rings. The first-order chi connectivity index (χ1) is 12.5. The molecule has 0 aliphatic carbocycles. The first-order valence-corrected chi connectivity index (χ1v) is 8.65. The maximum atomic E-state index is 12.6. The normalized spacial score (nSPS) is 14.0. The molecule has 1 aliphatic rings. The van der Waals surface area contributed by atoms with E-state index >= 15 is 0 Å². The number of anilines is 1. The maximum Gasteiger partial charge on any atom is 0.253 e. The molecule has 1 heterocycles. The van der Waals surface area contributed by atoms with Gasteiger partial charge in [0.25, 0.3) is 5.91 Å². The number of Topliss-reactive ketones (excluding diaryl/α,β-unsaturated/α-hetero) is 1. The number of carbonyl (C=O) groups excluding carboxylic acids is 2. The number of nitrogens with zero attached hydrogens (tertiary/aromatic N) is 3. The standard InChI is InChI=1S/C21H21N3O2/c1-15-3-5-17(6-4-15)21(26)24-11-9-23(10-12-24)20-13-18(16(2)25)7-8-19(20)14-22/h3-8,13H,9-12H2,1-2H3. The van der Waals surface area contributed by atoms with Crippen molar-refractivity contribution in [2.45, 2.75) is 13.8 Å². The topological polar surface area (TPSA) is 64.4 Å². The molecule has 1 amide bonds. The summed E-state index contributed by atoms with van der Waals surface area (Å²) in [5.74, 6) is 0.00608. The van der Waals surface area contributed by atoms with Crippen LogP contribution in [0.3, 0.4) is 0 Å². The number of amides is 1. The van der Waals surface area contributed by atoms with Crippen molar-refractivity contribution in [3.8, 4) is 6.07 Å². The Kier molecular flexibility index (Phi) is 5.04. The lowest BCUT2D eigenvalue weighted by Crippen LogP contribution is -2.49. The van der Waals surface area contributed by atoms with Gasteiger partial charge in [0.05, 0.1) is 11.3 Å². The van der Waals surface area contributed by atoms with Crippen LogP contribution in [0.1, 0.15) is 38.8 Å². The summed E-state index contributed by atoms with van der Waals surface area (Å²) in [6, 6.07) is 14.9. The van der Waals surface area contributed by atoms with Crippen LogP contribution in [0.5, 0.6) is 0 Å². The summed E-state index contributed by atoms with van der Waals surface area (Å²) in [6.45, 7) is 5.95. The summed E-state index contributed by atoms with van der Waals surface area (Å²) < 4.78 is 0. The molecule has 0 N–H and O–H groups in total. The molecule has 2 aromatic carbocycles. The summed E-state index contributed by atoms with van der Waals surface area (Å²) >= 11 is 0. The molecule has 132 valence electrons. The molecule has 0 bridgehead atoms. The van der Waals surface area contributed by atoms with Crippen molar-refractivity contribution in [1.29, 1.82) is 5.26 Å². The van der Waals surface area contributed by atoms with E-state index in [4.69, 9.17) is 0 Å². The summed E-state index contributed by atoms with van der Waals surface area (Å²) in [7, 11) is 0. The highest BCUT2D eigenvalue weighted by molar-refractivity contribution is 5.96. The van der Waals surface area contributed by atoms with Crippen LogP contribution < -0.4 is 4.90 Å². The second kappa shape index (κ2) is 7.40. The minimum atomic E-state index is -0.0241. The number of nitriles is 1. The monoisotopic (exact) mass is 347 g/mol. The average Bonchev–Trinajstić information content (AvgIpc) is 2.67. The zero-order valence-corrected chi connectivity index (χ0v) is 15.0. The van der Waals surface area contributed by atoms with Crippen molar-refractivity contribution in [3.05, 3.63) is 64.7 Å². The molecular formula is C21H21N3O2. The largest absolute Gasteiger partial charge is 0.367 e. The number of ketones is 1. The first kappa shape index (κ1) is 17.7. The molecule has 0 unspecified atom stereocenters. The Balaban J connectivity index is 1.73. The molecule has 0 saturated carbocycles. The van der Waals surface area contributed by atoms with Crippen molar-refractivity contribution in [3.63, 3.8) is 0 Å². The van der Waals surface area contributed by atoms with E-state index in [0.717, 1.165) is 11.3 Å². The summed E-state index contributed by atoms with van der Waals surface area (Å²) in [4.78, 5) is 28.2. The Morgan fingerprint density at radius 2 is 1.58 bits per heavy atom. The lowest BCUT2D eigenvalue weighted by Gasteiger charge is -2.36. The average molecular weight is 347 g/mol. The number of piperazine rings is 1. The van der Waals surface area contributed by atoms with Crippen LogP contribution in [0, 0.1) is 18.3 Å². The van der Waals surface area contributed by atoms with E-state index in [1.165, 1.54) is 6.92 Å². The van der Waals surface area contributed by atoms with Gasteiger partial charge in [-0.25, -0.2) is 0 Å². The molecule has 5 nitrogen and oxygen atoms in total. The van der Waals surface area contributed by atoms with Gasteiger partial charge in [0.2, 0.25) is 0 Å². The van der Waals surface area contributed by atoms with Gasteiger partial charge in [-0.15, -0.1) is 0 Å². The van der Waals surface area contributed by atoms with Gasteiger partial charge in [-0.2, -0.15) is 5.26 Å². The smallest absolute Gasteiger partial charge is 0.253 e. The fourth-order valence-electron chi connectivity index (χ4n) is 3.14. The van der Waals surface area contributed by atoms with E-state index < -0.39 is 0 Å². The molecule has 1 fully saturated rings. The van der Waals surface area contributed by atoms with Gasteiger partial charge in [0.15, 0.2) is 5.78 Å². The maximum absolute atomic E-state index is 12.6. The van der Waals surface area contributed by atoms with Crippen molar-refractivity contribution >= 4 is 17.4 Å². The molecule has 1 saturated heterocycles. The number of hydrogen-bond donors (Lipinski definition) is 0. The van der Waals surface area contributed by atoms with Gasteiger partial charge in [0, 0.05) is 37.3 Å². The third-order valence-electron chi connectivity index (χ3n) is 4.73. The van der Waals surface area contributed by atoms with Crippen molar-refractivity contribution in [2.75, 3.05) is 31.1 Å². The fourth-order valence-corrected chi connectivity index (χ4v) is 3.14. The number of aryl methyl sites for hydroxylation is 1. The second-order valence-electron chi connectivity index (χ2n) is 6.55. The van der Waals surface area contributed by atoms with Gasteiger partial charge in [-0.3, -0.25) is 9.59 Å². The van der Waals surface area contributed by atoms with E-state index in [-0.39, 0.29) is 11.7 Å². The predicted octanol–water partition coefficient (Wildman–Crippen LogP) is 3.03. The Hall–Kier alpha value is -3.13. The van der Waals surface area contributed by atoms with Crippen molar-refractivity contribution in [1.82, 2.24) is 4.90 Å². The summed E-state index contributed by atoms with van der Waals surface area (Å²) in [5.41, 5.74) is 3.73. The first-order valence-electron chi connectivity index (χ1n) is 8.65. The molecule has 0 atom stereocenters. The van der Waals surface area contributed by atoms with Crippen molar-refractivity contribution in [2.24, 2.45) is 0 Å². The minimum Gasteiger partial charge on any atom is -0.367 e. The molecular weight excluding hydrogens is 326 g/mol. The Morgan fingerprint density at radius 3 is 2.15 bits per heavy atom. The zero-order chi connectivity index (χ0) is 18.7. The van der Waals surface area contributed by atoms with Crippen LogP contribution in [0.4, 0.5) is 5.69 Å². The lowest BCUT2D eigenvalue weighted by molar-refractivity contribution is 0.0746. The highest BCUT2D eigenvalue weighted by Crippen LogP contribution is 2.24. The zero-order valence-electron chi connectivity index (χ0n) is 15.0. The number of hydrogen-bond acceptors (Lipinski definition) is 4. The SMILES string of the molecule is CC(=O)c1ccc(C#N)c(N2CCN(C(=O)c3ccc(C)cc3)CC2)c1. The van der Waals surface area contributed by atoms with E-state index in [9.17, 15) is 14.9 Å². The minimum absolute atomic E-state index is 0.0241. The Bertz CT molecular complexity index is 873. The van der Waals surface area contributed by atoms with Crippen LogP contribution in [0.15, 0.2) is 42.5 Å². The molecule has 0 spiro atoms. The molecule has 26 heavy (non-hydrogen) atoms. The van der Waals surface area contributed by atoms with Gasteiger partial charge in [-0.05, 0) is 44.2 Å². The third-order valence-corrected chi connectivity index (χ3v) is 4.73. The quantitative estimate of drug-likeness (QED) is 0.801. The van der Waals surface area contributed by atoms with E-state index in [2.05, 4.69) is 11.0 Å². The van der Waals surface area contributed by atoms with E-state index in [1.807, 2.05) is 36.1 Å². The Morgan fingerprint density at radius 1 is 0.962 bits per heavy atom.